The molecule has 1 heterocycles. The molecule has 0 atom stereocenters. The molecule has 0 saturated heterocycles. The first kappa shape index (κ1) is 13.6. The highest BCUT2D eigenvalue weighted by Gasteiger charge is 2.12. The van der Waals surface area contributed by atoms with Crippen molar-refractivity contribution in [3.05, 3.63) is 41.7 Å². The molecule has 1 aromatic carbocycles. The number of nitrogens with zero attached hydrogens (tertiary/aromatic N) is 1. The van der Waals surface area contributed by atoms with Gasteiger partial charge in [-0.25, -0.2) is 4.79 Å². The van der Waals surface area contributed by atoms with Gasteiger partial charge in [-0.05, 0) is 25.1 Å². The van der Waals surface area contributed by atoms with Crippen molar-refractivity contribution in [2.24, 2.45) is 0 Å². The molecule has 20 heavy (non-hydrogen) atoms. The van der Waals surface area contributed by atoms with Gasteiger partial charge in [0.2, 0.25) is 0 Å². The van der Waals surface area contributed by atoms with Crippen LogP contribution in [0.1, 0.15) is 16.2 Å². The number of carbonyl (C=O) groups is 2. The number of carboxylic acid groups (broad SMARTS) is 1. The Morgan fingerprint density at radius 3 is 2.80 bits per heavy atom. The number of aliphatic carboxylic acids is 1. The summed E-state index contributed by atoms with van der Waals surface area (Å²) in [6.07, 6.45) is 0. The lowest BCUT2D eigenvalue weighted by atomic mass is 10.2. The molecular formula is C13H13N3O4. The van der Waals surface area contributed by atoms with Crippen LogP contribution < -0.4 is 10.1 Å². The summed E-state index contributed by atoms with van der Waals surface area (Å²) in [6.45, 7) is 1.31. The first-order chi connectivity index (χ1) is 9.56. The van der Waals surface area contributed by atoms with Crippen LogP contribution in [-0.2, 0) is 4.79 Å². The number of carboxylic acids is 1. The van der Waals surface area contributed by atoms with E-state index in [1.807, 2.05) is 0 Å². The summed E-state index contributed by atoms with van der Waals surface area (Å²) < 4.78 is 5.10. The number of carbonyl (C=O) groups excluding carboxylic acids is 1. The average Bonchev–Trinajstić information content (AvgIpc) is 2.84. The van der Waals surface area contributed by atoms with E-state index in [1.165, 1.54) is 0 Å². The Balaban J connectivity index is 2.12. The third kappa shape index (κ3) is 3.35. The topological polar surface area (TPSA) is 104 Å². The Bertz CT molecular complexity index is 636. The van der Waals surface area contributed by atoms with Gasteiger partial charge in [0.05, 0.1) is 5.69 Å². The maximum absolute atomic E-state index is 12.0. The van der Waals surface area contributed by atoms with Gasteiger partial charge in [-0.3, -0.25) is 9.89 Å². The van der Waals surface area contributed by atoms with Crippen molar-refractivity contribution in [3.63, 3.8) is 0 Å². The van der Waals surface area contributed by atoms with Crippen molar-refractivity contribution >= 4 is 17.6 Å². The SMILES string of the molecule is Cc1cc(C(=O)Nc2ccccc2OCC(=O)O)n[nH]1. The number of para-hydroxylation sites is 2. The highest BCUT2D eigenvalue weighted by Crippen LogP contribution is 2.24. The second-order valence-corrected chi connectivity index (χ2v) is 4.07. The quantitative estimate of drug-likeness (QED) is 0.765. The molecule has 1 aromatic heterocycles. The third-order valence-corrected chi connectivity index (χ3v) is 2.42. The fourth-order valence-corrected chi connectivity index (χ4v) is 1.56. The Hall–Kier alpha value is -2.83. The predicted molar refractivity (Wildman–Crippen MR) is 70.9 cm³/mol. The molecule has 2 aromatic rings. The molecular weight excluding hydrogens is 262 g/mol. The lowest BCUT2D eigenvalue weighted by molar-refractivity contribution is -0.139. The van der Waals surface area contributed by atoms with Crippen LogP contribution in [0, 0.1) is 6.92 Å². The van der Waals surface area contributed by atoms with E-state index in [0.29, 0.717) is 5.69 Å². The van der Waals surface area contributed by atoms with E-state index in [2.05, 4.69) is 15.5 Å². The Kier molecular flexibility index (Phi) is 3.99. The number of benzene rings is 1. The van der Waals surface area contributed by atoms with Crippen LogP contribution in [0.5, 0.6) is 5.75 Å². The lowest BCUT2D eigenvalue weighted by Gasteiger charge is -2.10. The number of hydrogen-bond acceptors (Lipinski definition) is 4. The number of aromatic nitrogens is 2. The van der Waals surface area contributed by atoms with Crippen molar-refractivity contribution in [2.75, 3.05) is 11.9 Å². The number of nitrogens with one attached hydrogen (secondary N) is 2. The molecule has 0 aliphatic heterocycles. The zero-order chi connectivity index (χ0) is 14.5. The molecule has 0 fully saturated rings. The van der Waals surface area contributed by atoms with Crippen LogP contribution in [0.3, 0.4) is 0 Å². The summed E-state index contributed by atoms with van der Waals surface area (Å²) >= 11 is 0. The molecule has 0 aliphatic rings. The first-order valence-corrected chi connectivity index (χ1v) is 5.83. The maximum atomic E-state index is 12.0. The molecule has 7 nitrogen and oxygen atoms in total. The molecule has 0 radical (unpaired) electrons. The summed E-state index contributed by atoms with van der Waals surface area (Å²) in [5, 5.41) is 17.7. The van der Waals surface area contributed by atoms with Crippen molar-refractivity contribution < 1.29 is 19.4 Å². The Morgan fingerprint density at radius 2 is 2.15 bits per heavy atom. The van der Waals surface area contributed by atoms with Gasteiger partial charge in [0.1, 0.15) is 5.75 Å². The van der Waals surface area contributed by atoms with Crippen LogP contribution in [0.25, 0.3) is 0 Å². The number of anilines is 1. The fraction of sp³-hybridized carbons (Fsp3) is 0.154. The van der Waals surface area contributed by atoms with Gasteiger partial charge in [-0.1, -0.05) is 12.1 Å². The van der Waals surface area contributed by atoms with E-state index < -0.39 is 18.5 Å². The molecule has 0 unspecified atom stereocenters. The van der Waals surface area contributed by atoms with Crippen LogP contribution in [-0.4, -0.2) is 33.8 Å². The van der Waals surface area contributed by atoms with E-state index in [0.717, 1.165) is 5.69 Å². The van der Waals surface area contributed by atoms with E-state index in [1.54, 1.807) is 37.3 Å². The second-order valence-electron chi connectivity index (χ2n) is 4.07. The van der Waals surface area contributed by atoms with Gasteiger partial charge < -0.3 is 15.2 Å². The molecule has 3 N–H and O–H groups in total. The third-order valence-electron chi connectivity index (χ3n) is 2.42. The smallest absolute Gasteiger partial charge is 0.341 e. The second kappa shape index (κ2) is 5.87. The minimum Gasteiger partial charge on any atom is -0.480 e. The van der Waals surface area contributed by atoms with Gasteiger partial charge in [-0.2, -0.15) is 5.10 Å². The molecule has 7 heteroatoms. The lowest BCUT2D eigenvalue weighted by Crippen LogP contribution is -2.15. The normalized spacial score (nSPS) is 10.1. The maximum Gasteiger partial charge on any atom is 0.341 e. The minimum absolute atomic E-state index is 0.246. The summed E-state index contributed by atoms with van der Waals surface area (Å²) in [6, 6.07) is 8.20. The monoisotopic (exact) mass is 275 g/mol. The fourth-order valence-electron chi connectivity index (χ4n) is 1.56. The van der Waals surface area contributed by atoms with Gasteiger partial charge in [0.25, 0.3) is 5.91 Å². The van der Waals surface area contributed by atoms with E-state index in [-0.39, 0.29) is 11.4 Å². The van der Waals surface area contributed by atoms with Crippen LogP contribution >= 0.6 is 0 Å². The van der Waals surface area contributed by atoms with Crippen molar-refractivity contribution in [1.29, 1.82) is 0 Å². The van der Waals surface area contributed by atoms with Crippen molar-refractivity contribution in [1.82, 2.24) is 10.2 Å². The van der Waals surface area contributed by atoms with Gasteiger partial charge in [-0.15, -0.1) is 0 Å². The summed E-state index contributed by atoms with van der Waals surface area (Å²) in [5.74, 6) is -1.20. The zero-order valence-corrected chi connectivity index (χ0v) is 10.7. The number of aromatic amines is 1. The van der Waals surface area contributed by atoms with Gasteiger partial charge in [0, 0.05) is 5.69 Å². The highest BCUT2D eigenvalue weighted by molar-refractivity contribution is 6.03. The molecule has 0 spiro atoms. The van der Waals surface area contributed by atoms with Gasteiger partial charge >= 0.3 is 5.97 Å². The summed E-state index contributed by atoms with van der Waals surface area (Å²) in [4.78, 5) is 22.5. The number of ether oxygens (including phenoxy) is 1. The Morgan fingerprint density at radius 1 is 1.40 bits per heavy atom. The predicted octanol–water partition coefficient (Wildman–Crippen LogP) is 1.43. The average molecular weight is 275 g/mol. The number of rotatable bonds is 5. The number of amides is 1. The number of aryl methyl sites for hydroxylation is 1. The number of H-pyrrole nitrogens is 1. The van der Waals surface area contributed by atoms with Gasteiger partial charge in [0.15, 0.2) is 12.3 Å². The molecule has 1 amide bonds. The standard InChI is InChI=1S/C13H13N3O4/c1-8-6-10(16-15-8)13(19)14-9-4-2-3-5-11(9)20-7-12(17)18/h2-6H,7H2,1H3,(H,14,19)(H,15,16)(H,17,18). The minimum atomic E-state index is -1.09. The molecule has 0 aliphatic carbocycles. The molecule has 0 bridgehead atoms. The molecule has 104 valence electrons. The van der Waals surface area contributed by atoms with Crippen LogP contribution in [0.4, 0.5) is 5.69 Å². The Labute approximate surface area is 114 Å². The largest absolute Gasteiger partial charge is 0.480 e. The van der Waals surface area contributed by atoms with Crippen LogP contribution in [0.15, 0.2) is 30.3 Å². The first-order valence-electron chi connectivity index (χ1n) is 5.83. The highest BCUT2D eigenvalue weighted by atomic mass is 16.5. The molecule has 0 saturated carbocycles. The summed E-state index contributed by atoms with van der Waals surface area (Å²) in [7, 11) is 0. The van der Waals surface area contributed by atoms with Crippen LogP contribution in [0.2, 0.25) is 0 Å². The van der Waals surface area contributed by atoms with Crippen molar-refractivity contribution in [3.8, 4) is 5.75 Å². The van der Waals surface area contributed by atoms with Crippen molar-refractivity contribution in [2.45, 2.75) is 6.92 Å². The zero-order valence-electron chi connectivity index (χ0n) is 10.7. The van der Waals surface area contributed by atoms with E-state index >= 15 is 0 Å². The van der Waals surface area contributed by atoms with E-state index in [9.17, 15) is 9.59 Å². The number of hydrogen-bond donors (Lipinski definition) is 3. The molecule has 2 rings (SSSR count). The summed E-state index contributed by atoms with van der Waals surface area (Å²) in [5.41, 5.74) is 1.40. The van der Waals surface area contributed by atoms with E-state index in [4.69, 9.17) is 9.84 Å².